The van der Waals surface area contributed by atoms with Gasteiger partial charge in [-0.25, -0.2) is 0 Å². The Bertz CT molecular complexity index is 1010. The van der Waals surface area contributed by atoms with Crippen LogP contribution in [0.5, 0.6) is 0 Å². The van der Waals surface area contributed by atoms with Gasteiger partial charge < -0.3 is 0 Å². The second-order valence-corrected chi connectivity index (χ2v) is 8.51. The van der Waals surface area contributed by atoms with Crippen LogP contribution >= 0.6 is 0 Å². The molecule has 0 amide bonds. The maximum Gasteiger partial charge on any atom is 0.438 e. The monoisotopic (exact) mass is 646 g/mol. The van der Waals surface area contributed by atoms with E-state index in [-0.39, 0.29) is 0 Å². The molecule has 0 spiro atoms. The average molecular weight is 646 g/mol. The summed E-state index contributed by atoms with van der Waals surface area (Å²) in [5.74, 6) is -88.0. The van der Waals surface area contributed by atoms with E-state index in [1.165, 1.54) is 0 Å². The van der Waals surface area contributed by atoms with Gasteiger partial charge in [-0.3, -0.25) is 4.55 Å². The predicted octanol–water partition coefficient (Wildman–Crippen LogP) is 6.84. The smallest absolute Gasteiger partial charge is 0.281 e. The molecule has 0 bridgehead atoms. The lowest BCUT2D eigenvalue weighted by Gasteiger charge is -2.45. The number of hydrogen-bond donors (Lipinski definition) is 1. The van der Waals surface area contributed by atoms with Gasteiger partial charge >= 0.3 is 74.6 Å². The summed E-state index contributed by atoms with van der Waals surface area (Å²) in [5, 5.41) is -8.10. The first kappa shape index (κ1) is 36.4. The Morgan fingerprint density at radius 3 is 0.684 bits per heavy atom. The van der Waals surface area contributed by atoms with Gasteiger partial charge in [0, 0.05) is 6.92 Å². The zero-order valence-electron chi connectivity index (χ0n) is 16.5. The molecule has 3 nitrogen and oxygen atoms in total. The lowest BCUT2D eigenvalue weighted by atomic mass is 9.85. The maximum absolute atomic E-state index is 13.5. The summed E-state index contributed by atoms with van der Waals surface area (Å²) in [5.41, 5.74) is 0. The van der Waals surface area contributed by atoms with E-state index in [1.807, 2.05) is 0 Å². The first-order valence-electron chi connectivity index (χ1n) is 7.88. The van der Waals surface area contributed by atoms with Crippen LogP contribution in [0.15, 0.2) is 0 Å². The molecule has 0 heterocycles. The molecule has 0 aromatic rings. The highest BCUT2D eigenvalue weighted by atomic mass is 32.2. The van der Waals surface area contributed by atoms with Gasteiger partial charge in [-0.15, -0.1) is 0 Å². The van der Waals surface area contributed by atoms with Crippen molar-refractivity contribution in [3.8, 4) is 0 Å². The summed E-state index contributed by atoms with van der Waals surface area (Å²) in [6.45, 7) is -1.49. The Morgan fingerprint density at radius 2 is 0.526 bits per heavy atom. The Kier molecular flexibility index (Phi) is 8.08. The molecule has 0 aliphatic rings. The van der Waals surface area contributed by atoms with E-state index >= 15 is 0 Å². The van der Waals surface area contributed by atoms with Crippen molar-refractivity contribution in [2.75, 3.05) is 0 Å². The van der Waals surface area contributed by atoms with E-state index in [2.05, 4.69) is 0 Å². The van der Waals surface area contributed by atoms with Crippen molar-refractivity contribution in [1.82, 2.24) is 0 Å². The van der Waals surface area contributed by atoms with Crippen LogP contribution < -0.4 is 0 Å². The summed E-state index contributed by atoms with van der Waals surface area (Å²) in [6, 6.07) is 0. The Morgan fingerprint density at radius 1 is 0.368 bits per heavy atom. The third-order valence-electron chi connectivity index (χ3n) is 4.40. The third-order valence-corrected chi connectivity index (χ3v) is 5.30. The summed E-state index contributed by atoms with van der Waals surface area (Å²) < 4.78 is 318. The van der Waals surface area contributed by atoms with Crippen molar-refractivity contribution in [2.45, 2.75) is 71.4 Å². The molecular formula is C12H4F22O3S. The fraction of sp³-hybridized carbons (Fsp3) is 1.00. The van der Waals surface area contributed by atoms with Gasteiger partial charge in [-0.2, -0.15) is 105 Å². The molecule has 0 atom stereocenters. The molecule has 26 heteroatoms. The Hall–Kier alpha value is -1.63. The second kappa shape index (κ2) is 8.44. The van der Waals surface area contributed by atoms with Gasteiger partial charge in [0.1, 0.15) is 0 Å². The zero-order valence-corrected chi connectivity index (χ0v) is 17.3. The van der Waals surface area contributed by atoms with Crippen LogP contribution in [-0.2, 0) is 10.1 Å². The van der Waals surface area contributed by atoms with Crippen molar-refractivity contribution in [1.29, 1.82) is 0 Å². The maximum atomic E-state index is 13.5. The van der Waals surface area contributed by atoms with Crippen LogP contribution in [0.25, 0.3) is 0 Å². The summed E-state index contributed by atoms with van der Waals surface area (Å²) in [6.07, 6.45) is 0. The molecule has 0 radical (unpaired) electrons. The fourth-order valence-electron chi connectivity index (χ4n) is 2.00. The quantitative estimate of drug-likeness (QED) is 0.198. The van der Waals surface area contributed by atoms with Gasteiger partial charge in [0.25, 0.3) is 0 Å². The Balaban J connectivity index is 7.34. The molecule has 0 aliphatic carbocycles. The summed E-state index contributed by atoms with van der Waals surface area (Å²) in [7, 11) is -8.14. The molecule has 0 saturated heterocycles. The number of rotatable bonds is 11. The van der Waals surface area contributed by atoms with Crippen LogP contribution in [0, 0.1) is 0 Å². The lowest BCUT2D eigenvalue weighted by Crippen LogP contribution is -2.78. The van der Waals surface area contributed by atoms with Gasteiger partial charge in [-0.05, 0) is 0 Å². The van der Waals surface area contributed by atoms with Gasteiger partial charge in [-0.1, -0.05) is 0 Å². The normalized spacial score (nSPS) is 17.2. The van der Waals surface area contributed by atoms with Gasteiger partial charge in [0.2, 0.25) is 0 Å². The van der Waals surface area contributed by atoms with Crippen LogP contribution in [0.3, 0.4) is 0 Å². The molecule has 230 valence electrons. The lowest BCUT2D eigenvalue weighted by molar-refractivity contribution is -0.471. The molecular weight excluding hydrogens is 642 g/mol. The van der Waals surface area contributed by atoms with Crippen LogP contribution in [0.2, 0.25) is 0 Å². The van der Waals surface area contributed by atoms with Crippen LogP contribution in [0.1, 0.15) is 6.92 Å². The molecule has 0 aromatic carbocycles. The van der Waals surface area contributed by atoms with Crippen molar-refractivity contribution >= 4 is 10.1 Å². The molecule has 1 N–H and O–H groups in total. The van der Waals surface area contributed by atoms with Crippen LogP contribution in [-0.4, -0.2) is 77.5 Å². The molecule has 0 aromatic heterocycles. The summed E-state index contributed by atoms with van der Waals surface area (Å²) in [4.78, 5) is 0. The van der Waals surface area contributed by atoms with E-state index in [9.17, 15) is 105 Å². The molecule has 0 aliphatic heterocycles. The molecule has 0 saturated carbocycles. The highest BCUT2D eigenvalue weighted by Gasteiger charge is 2.99. The molecule has 0 rings (SSSR count). The standard InChI is InChI=1S/C12H4F22O3S/c1-2(13,14)3(15,16)4(17,18)5(19,20)6(21,22)7(23,24)8(25,26)9(27,28)10(29,30)11(31,32)12(33,34)38(35,36)37/h1H3,(H,35,36,37). The van der Waals surface area contributed by atoms with E-state index in [1.54, 1.807) is 0 Å². The predicted molar refractivity (Wildman–Crippen MR) is 71.6 cm³/mol. The number of halogens is 22. The minimum absolute atomic E-state index is 1.49. The fourth-order valence-corrected chi connectivity index (χ4v) is 2.45. The van der Waals surface area contributed by atoms with E-state index in [0.29, 0.717) is 0 Å². The van der Waals surface area contributed by atoms with Gasteiger partial charge in [0.05, 0.1) is 0 Å². The third kappa shape index (κ3) is 4.04. The van der Waals surface area contributed by atoms with Crippen molar-refractivity contribution < 1.29 is 110 Å². The number of hydrogen-bond acceptors (Lipinski definition) is 2. The van der Waals surface area contributed by atoms with Crippen molar-refractivity contribution in [2.24, 2.45) is 0 Å². The molecule has 38 heavy (non-hydrogen) atoms. The molecule has 0 fully saturated rings. The minimum Gasteiger partial charge on any atom is -0.281 e. The largest absolute Gasteiger partial charge is 0.438 e. The highest BCUT2D eigenvalue weighted by molar-refractivity contribution is 7.87. The minimum atomic E-state index is -9.46. The first-order valence-corrected chi connectivity index (χ1v) is 9.32. The molecule has 0 unspecified atom stereocenters. The first-order chi connectivity index (χ1) is 15.8. The van der Waals surface area contributed by atoms with Crippen molar-refractivity contribution in [3.05, 3.63) is 0 Å². The van der Waals surface area contributed by atoms with Crippen molar-refractivity contribution in [3.63, 3.8) is 0 Å². The van der Waals surface area contributed by atoms with E-state index in [4.69, 9.17) is 4.55 Å². The second-order valence-electron chi connectivity index (χ2n) is 7.05. The van der Waals surface area contributed by atoms with Crippen LogP contribution in [0.4, 0.5) is 96.6 Å². The average Bonchev–Trinajstić information content (AvgIpc) is 2.64. The number of alkyl halides is 22. The highest BCUT2D eigenvalue weighted by Crippen LogP contribution is 2.67. The van der Waals surface area contributed by atoms with E-state index < -0.39 is 81.5 Å². The summed E-state index contributed by atoms with van der Waals surface area (Å²) >= 11 is 0. The SMILES string of the molecule is CC(F)(F)C(F)(F)C(F)(F)C(F)(F)C(F)(F)C(F)(F)C(F)(F)C(F)(F)C(F)(F)C(F)(F)C(F)(F)S(=O)(=O)O. The topological polar surface area (TPSA) is 54.4 Å². The van der Waals surface area contributed by atoms with E-state index in [0.717, 1.165) is 0 Å². The zero-order chi connectivity index (χ0) is 32.0. The Labute approximate surface area is 192 Å². The van der Waals surface area contributed by atoms with Gasteiger partial charge in [0.15, 0.2) is 0 Å².